The minimum atomic E-state index is -2.71. The monoisotopic (exact) mass is 400 g/mol. The van der Waals surface area contributed by atoms with Crippen molar-refractivity contribution in [2.24, 2.45) is 0 Å². The molecule has 4 rings (SSSR count). The number of alkyl halides is 2. The molecule has 4 heterocycles. The number of nitrogen functional groups attached to an aromatic ring is 1. The fraction of sp³-hybridized carbons (Fsp3) is 0.294. The van der Waals surface area contributed by atoms with Gasteiger partial charge in [-0.25, -0.2) is 14.6 Å². The van der Waals surface area contributed by atoms with Crippen LogP contribution in [-0.4, -0.2) is 39.1 Å². The second-order valence-corrected chi connectivity index (χ2v) is 6.93. The molecule has 4 aromatic rings. The number of hydrogen-bond donors (Lipinski definition) is 2. The molecule has 0 aromatic carbocycles. The number of imidazole rings is 1. The van der Waals surface area contributed by atoms with Gasteiger partial charge in [-0.3, -0.25) is 4.40 Å². The SMILES string of the molecule is Cc1ncc2ncc(-c3nc(N)nc(NC(C)(C)c4ccn(C(F)F)n4)n3)cn12. The Morgan fingerprint density at radius 1 is 1.14 bits per heavy atom. The van der Waals surface area contributed by atoms with Gasteiger partial charge < -0.3 is 11.1 Å². The Balaban J connectivity index is 1.67. The minimum absolute atomic E-state index is 0.00820. The molecule has 150 valence electrons. The molecule has 0 amide bonds. The summed E-state index contributed by atoms with van der Waals surface area (Å²) in [6.45, 7) is 2.68. The van der Waals surface area contributed by atoms with Crippen LogP contribution in [0.4, 0.5) is 20.7 Å². The fourth-order valence-electron chi connectivity index (χ4n) is 2.82. The summed E-state index contributed by atoms with van der Waals surface area (Å²) in [5.41, 5.74) is 6.74. The van der Waals surface area contributed by atoms with Crippen molar-refractivity contribution >= 4 is 17.5 Å². The smallest absolute Gasteiger partial charge is 0.333 e. The van der Waals surface area contributed by atoms with Crippen LogP contribution in [-0.2, 0) is 5.54 Å². The number of aromatic nitrogens is 8. The first kappa shape index (κ1) is 18.7. The largest absolute Gasteiger partial charge is 0.368 e. The molecular formula is C17H18F2N10. The highest BCUT2D eigenvalue weighted by atomic mass is 19.3. The lowest BCUT2D eigenvalue weighted by Crippen LogP contribution is -2.30. The summed E-state index contributed by atoms with van der Waals surface area (Å²) in [7, 11) is 0. The lowest BCUT2D eigenvalue weighted by atomic mass is 10.0. The predicted molar refractivity (Wildman–Crippen MR) is 101 cm³/mol. The molecule has 3 N–H and O–H groups in total. The van der Waals surface area contributed by atoms with Crippen molar-refractivity contribution in [3.8, 4) is 11.4 Å². The lowest BCUT2D eigenvalue weighted by molar-refractivity contribution is 0.0558. The highest BCUT2D eigenvalue weighted by Crippen LogP contribution is 2.25. The summed E-state index contributed by atoms with van der Waals surface area (Å²) in [4.78, 5) is 21.2. The van der Waals surface area contributed by atoms with E-state index in [-0.39, 0.29) is 11.9 Å². The van der Waals surface area contributed by atoms with E-state index in [0.717, 1.165) is 5.82 Å². The average molecular weight is 400 g/mol. The number of anilines is 2. The molecule has 0 fully saturated rings. The van der Waals surface area contributed by atoms with Crippen LogP contribution in [0.3, 0.4) is 0 Å². The first-order valence-electron chi connectivity index (χ1n) is 8.66. The molecule has 0 aliphatic heterocycles. The van der Waals surface area contributed by atoms with Crippen LogP contribution in [0.1, 0.15) is 31.9 Å². The summed E-state index contributed by atoms with van der Waals surface area (Å²) in [5.74, 6) is 1.28. The molecule has 0 spiro atoms. The number of halogens is 2. The van der Waals surface area contributed by atoms with Crippen molar-refractivity contribution in [1.82, 2.24) is 39.1 Å². The number of nitrogens with two attached hydrogens (primary N) is 1. The van der Waals surface area contributed by atoms with Crippen LogP contribution >= 0.6 is 0 Å². The zero-order chi connectivity index (χ0) is 20.8. The van der Waals surface area contributed by atoms with Crippen molar-refractivity contribution in [2.45, 2.75) is 32.9 Å². The van der Waals surface area contributed by atoms with Gasteiger partial charge in [0.25, 0.3) is 0 Å². The molecule has 0 atom stereocenters. The van der Waals surface area contributed by atoms with Gasteiger partial charge in [0.1, 0.15) is 5.82 Å². The van der Waals surface area contributed by atoms with Gasteiger partial charge in [0.2, 0.25) is 11.9 Å². The second-order valence-electron chi connectivity index (χ2n) is 6.93. The molecule has 12 heteroatoms. The maximum absolute atomic E-state index is 12.8. The van der Waals surface area contributed by atoms with Crippen LogP contribution < -0.4 is 11.1 Å². The van der Waals surface area contributed by atoms with E-state index < -0.39 is 12.1 Å². The molecular weight excluding hydrogens is 382 g/mol. The maximum atomic E-state index is 12.8. The Labute approximate surface area is 163 Å². The molecule has 0 radical (unpaired) electrons. The minimum Gasteiger partial charge on any atom is -0.368 e. The third-order valence-corrected chi connectivity index (χ3v) is 4.35. The Bertz CT molecular complexity index is 1180. The number of aryl methyl sites for hydroxylation is 1. The van der Waals surface area contributed by atoms with E-state index in [9.17, 15) is 8.78 Å². The van der Waals surface area contributed by atoms with Gasteiger partial charge in [0.05, 0.1) is 23.0 Å². The van der Waals surface area contributed by atoms with Gasteiger partial charge >= 0.3 is 6.55 Å². The van der Waals surface area contributed by atoms with E-state index in [1.165, 1.54) is 12.3 Å². The van der Waals surface area contributed by atoms with Gasteiger partial charge in [0, 0.05) is 18.6 Å². The normalized spacial score (nSPS) is 12.1. The highest BCUT2D eigenvalue weighted by molar-refractivity contribution is 5.58. The van der Waals surface area contributed by atoms with Gasteiger partial charge in [-0.1, -0.05) is 0 Å². The van der Waals surface area contributed by atoms with Crippen molar-refractivity contribution in [3.63, 3.8) is 0 Å². The maximum Gasteiger partial charge on any atom is 0.333 e. The second kappa shape index (κ2) is 6.72. The molecule has 29 heavy (non-hydrogen) atoms. The van der Waals surface area contributed by atoms with E-state index in [2.05, 4.69) is 35.3 Å². The molecule has 0 aliphatic rings. The summed E-state index contributed by atoms with van der Waals surface area (Å²) in [6.07, 6.45) is 6.29. The van der Waals surface area contributed by atoms with E-state index in [1.807, 2.05) is 11.3 Å². The van der Waals surface area contributed by atoms with Gasteiger partial charge in [-0.15, -0.1) is 0 Å². The lowest BCUT2D eigenvalue weighted by Gasteiger charge is -2.24. The molecule has 0 saturated heterocycles. The molecule has 0 bridgehead atoms. The Hall–Kier alpha value is -3.70. The summed E-state index contributed by atoms with van der Waals surface area (Å²) in [5, 5.41) is 6.98. The van der Waals surface area contributed by atoms with E-state index >= 15 is 0 Å². The van der Waals surface area contributed by atoms with Crippen LogP contribution in [0, 0.1) is 6.92 Å². The topological polar surface area (TPSA) is 125 Å². The molecule has 4 aromatic heterocycles. The number of fused-ring (bicyclic) bond motifs is 1. The number of rotatable bonds is 5. The summed E-state index contributed by atoms with van der Waals surface area (Å²) < 4.78 is 28.0. The van der Waals surface area contributed by atoms with Crippen LogP contribution in [0.2, 0.25) is 0 Å². The third kappa shape index (κ3) is 3.56. The predicted octanol–water partition coefficient (Wildman–Crippen LogP) is 2.41. The first-order valence-corrected chi connectivity index (χ1v) is 8.66. The Morgan fingerprint density at radius 2 is 1.93 bits per heavy atom. The summed E-state index contributed by atoms with van der Waals surface area (Å²) >= 11 is 0. The first-order chi connectivity index (χ1) is 13.7. The summed E-state index contributed by atoms with van der Waals surface area (Å²) in [6, 6.07) is 1.50. The van der Waals surface area contributed by atoms with Crippen molar-refractivity contribution in [2.75, 3.05) is 11.1 Å². The Kier molecular flexibility index (Phi) is 4.32. The molecule has 0 saturated carbocycles. The van der Waals surface area contributed by atoms with Crippen LogP contribution in [0.25, 0.3) is 17.0 Å². The highest BCUT2D eigenvalue weighted by Gasteiger charge is 2.26. The molecule has 0 aliphatic carbocycles. The van der Waals surface area contributed by atoms with Crippen LogP contribution in [0.15, 0.2) is 30.9 Å². The zero-order valence-electron chi connectivity index (χ0n) is 15.9. The van der Waals surface area contributed by atoms with Crippen molar-refractivity contribution in [1.29, 1.82) is 0 Å². The number of nitrogens with zero attached hydrogens (tertiary/aromatic N) is 8. The standard InChI is InChI=1S/C17H18F2N10/c1-9-21-7-12-22-6-10(8-28(9)12)13-23-15(20)25-16(24-13)26-17(2,3)11-4-5-29(27-11)14(18)19/h4-8,14H,1-3H3,(H3,20,23,24,25,26). The zero-order valence-corrected chi connectivity index (χ0v) is 15.9. The molecule has 10 nitrogen and oxygen atoms in total. The van der Waals surface area contributed by atoms with Gasteiger partial charge in [-0.2, -0.15) is 28.8 Å². The van der Waals surface area contributed by atoms with E-state index in [4.69, 9.17) is 5.73 Å². The van der Waals surface area contributed by atoms with E-state index in [1.54, 1.807) is 32.4 Å². The molecule has 0 unspecified atom stereocenters. The van der Waals surface area contributed by atoms with E-state index in [0.29, 0.717) is 27.4 Å². The number of nitrogens with one attached hydrogen (secondary N) is 1. The number of hydrogen-bond acceptors (Lipinski definition) is 8. The Morgan fingerprint density at radius 3 is 2.66 bits per heavy atom. The van der Waals surface area contributed by atoms with Crippen molar-refractivity contribution in [3.05, 3.63) is 42.4 Å². The fourth-order valence-corrected chi connectivity index (χ4v) is 2.82. The third-order valence-electron chi connectivity index (χ3n) is 4.35. The van der Waals surface area contributed by atoms with Crippen LogP contribution in [0.5, 0.6) is 0 Å². The van der Waals surface area contributed by atoms with Gasteiger partial charge in [0.15, 0.2) is 11.5 Å². The van der Waals surface area contributed by atoms with Gasteiger partial charge in [-0.05, 0) is 26.8 Å². The quantitative estimate of drug-likeness (QED) is 0.523. The van der Waals surface area contributed by atoms with Crippen molar-refractivity contribution < 1.29 is 8.78 Å². The average Bonchev–Trinajstić information content (AvgIpc) is 3.29.